The summed E-state index contributed by atoms with van der Waals surface area (Å²) in [5, 5.41) is 10.8. The van der Waals surface area contributed by atoms with Gasteiger partial charge in [0.2, 0.25) is 5.91 Å². The van der Waals surface area contributed by atoms with Crippen molar-refractivity contribution in [3.63, 3.8) is 0 Å². The molecule has 3 amide bonds. The molecule has 9 heteroatoms. The number of halogens is 2. The molecule has 0 aliphatic carbocycles. The molecule has 0 atom stereocenters. The summed E-state index contributed by atoms with van der Waals surface area (Å²) >= 11 is 5.48. The number of benzene rings is 1. The van der Waals surface area contributed by atoms with Crippen LogP contribution in [0.5, 0.6) is 0 Å². The van der Waals surface area contributed by atoms with Gasteiger partial charge in [0.15, 0.2) is 0 Å². The zero-order valence-corrected chi connectivity index (χ0v) is 10.9. The molecule has 0 radical (unpaired) electrons. The first-order valence-corrected chi connectivity index (χ1v) is 5.68. The summed E-state index contributed by atoms with van der Waals surface area (Å²) in [4.78, 5) is 33.8. The predicted molar refractivity (Wildman–Crippen MR) is 68.8 cm³/mol. The number of aliphatic carboxylic acids is 1. The topological polar surface area (TPSA) is 113 Å². The van der Waals surface area contributed by atoms with Crippen molar-refractivity contribution in [1.82, 2.24) is 4.90 Å². The van der Waals surface area contributed by atoms with Crippen molar-refractivity contribution >= 4 is 35.2 Å². The number of urea groups is 1. The highest BCUT2D eigenvalue weighted by Crippen LogP contribution is 2.18. The van der Waals surface area contributed by atoms with E-state index in [1.165, 1.54) is 12.1 Å². The Balaban J connectivity index is 2.81. The Morgan fingerprint density at radius 1 is 1.35 bits per heavy atom. The van der Waals surface area contributed by atoms with Gasteiger partial charge in [0.25, 0.3) is 0 Å². The van der Waals surface area contributed by atoms with E-state index < -0.39 is 36.8 Å². The number of nitrogens with two attached hydrogens (primary N) is 1. The van der Waals surface area contributed by atoms with E-state index in [0.29, 0.717) is 4.90 Å². The molecule has 0 heterocycles. The van der Waals surface area contributed by atoms with Crippen molar-refractivity contribution in [2.75, 3.05) is 18.4 Å². The van der Waals surface area contributed by atoms with E-state index in [2.05, 4.69) is 5.32 Å². The van der Waals surface area contributed by atoms with E-state index in [1.807, 2.05) is 0 Å². The zero-order valence-electron chi connectivity index (χ0n) is 10.1. The van der Waals surface area contributed by atoms with E-state index in [4.69, 9.17) is 22.4 Å². The van der Waals surface area contributed by atoms with Crippen LogP contribution in [0.15, 0.2) is 18.2 Å². The van der Waals surface area contributed by atoms with E-state index in [0.717, 1.165) is 6.07 Å². The van der Waals surface area contributed by atoms with E-state index in [9.17, 15) is 18.8 Å². The predicted octanol–water partition coefficient (Wildman–Crippen LogP) is 0.883. The van der Waals surface area contributed by atoms with Gasteiger partial charge in [0, 0.05) is 5.69 Å². The number of anilines is 1. The smallest absolute Gasteiger partial charge is 0.323 e. The number of rotatable bonds is 5. The molecule has 0 spiro atoms. The van der Waals surface area contributed by atoms with Crippen LogP contribution in [0.4, 0.5) is 14.9 Å². The summed E-state index contributed by atoms with van der Waals surface area (Å²) in [6.07, 6.45) is 0. The molecular weight excluding hydrogens is 293 g/mol. The molecule has 0 aromatic heterocycles. The van der Waals surface area contributed by atoms with Crippen molar-refractivity contribution in [3.8, 4) is 0 Å². The molecule has 108 valence electrons. The van der Waals surface area contributed by atoms with Crippen molar-refractivity contribution in [3.05, 3.63) is 29.0 Å². The van der Waals surface area contributed by atoms with E-state index in [1.54, 1.807) is 0 Å². The number of hydrogen-bond donors (Lipinski definition) is 3. The van der Waals surface area contributed by atoms with Gasteiger partial charge < -0.3 is 21.1 Å². The second-order valence-corrected chi connectivity index (χ2v) is 4.18. The lowest BCUT2D eigenvalue weighted by Crippen LogP contribution is -2.43. The number of carboxylic acids is 1. The zero-order chi connectivity index (χ0) is 15.3. The fourth-order valence-electron chi connectivity index (χ4n) is 1.33. The van der Waals surface area contributed by atoms with Gasteiger partial charge in [0.1, 0.15) is 18.9 Å². The number of amides is 3. The second kappa shape index (κ2) is 6.71. The van der Waals surface area contributed by atoms with Crippen molar-refractivity contribution in [2.45, 2.75) is 0 Å². The summed E-state index contributed by atoms with van der Waals surface area (Å²) in [5.74, 6) is -2.93. The minimum absolute atomic E-state index is 0.0664. The van der Waals surface area contributed by atoms with E-state index >= 15 is 0 Å². The first-order chi connectivity index (χ1) is 9.29. The number of carboxylic acid groups (broad SMARTS) is 1. The highest BCUT2D eigenvalue weighted by atomic mass is 35.5. The van der Waals surface area contributed by atoms with Gasteiger partial charge in [-0.15, -0.1) is 0 Å². The van der Waals surface area contributed by atoms with Crippen LogP contribution in [-0.2, 0) is 9.59 Å². The molecular formula is C11H11ClFN3O4. The maximum Gasteiger partial charge on any atom is 0.323 e. The van der Waals surface area contributed by atoms with Crippen LogP contribution in [0.1, 0.15) is 0 Å². The summed E-state index contributed by atoms with van der Waals surface area (Å²) in [6, 6.07) is 2.62. The average molecular weight is 304 g/mol. The Labute approximate surface area is 118 Å². The first-order valence-electron chi connectivity index (χ1n) is 5.30. The molecule has 1 aromatic carbocycles. The molecule has 0 bridgehead atoms. The lowest BCUT2D eigenvalue weighted by atomic mass is 10.3. The van der Waals surface area contributed by atoms with Crippen LogP contribution in [0.3, 0.4) is 0 Å². The quantitative estimate of drug-likeness (QED) is 0.749. The van der Waals surface area contributed by atoms with Crippen LogP contribution in [0.2, 0.25) is 5.02 Å². The van der Waals surface area contributed by atoms with Crippen molar-refractivity contribution in [1.29, 1.82) is 0 Å². The summed E-state index contributed by atoms with van der Waals surface area (Å²) < 4.78 is 13.2. The average Bonchev–Trinajstić information content (AvgIpc) is 2.32. The summed E-state index contributed by atoms with van der Waals surface area (Å²) in [5.41, 5.74) is 4.98. The molecule has 0 unspecified atom stereocenters. The Morgan fingerprint density at radius 2 is 2.00 bits per heavy atom. The SMILES string of the molecule is NC(=O)CN(CC(=O)O)C(=O)Nc1ccc(Cl)c(F)c1. The summed E-state index contributed by atoms with van der Waals surface area (Å²) in [7, 11) is 0. The largest absolute Gasteiger partial charge is 0.480 e. The van der Waals surface area contributed by atoms with Crippen LogP contribution in [-0.4, -0.2) is 41.0 Å². The minimum atomic E-state index is -1.32. The molecule has 4 N–H and O–H groups in total. The third-order valence-corrected chi connectivity index (χ3v) is 2.44. The molecule has 0 aliphatic rings. The van der Waals surface area contributed by atoms with Gasteiger partial charge in [-0.05, 0) is 18.2 Å². The molecule has 0 fully saturated rings. The summed E-state index contributed by atoms with van der Waals surface area (Å²) in [6.45, 7) is -1.29. The number of carbonyl (C=O) groups excluding carboxylic acids is 2. The lowest BCUT2D eigenvalue weighted by Gasteiger charge is -2.19. The first kappa shape index (κ1) is 15.7. The number of carbonyl (C=O) groups is 3. The second-order valence-electron chi connectivity index (χ2n) is 3.78. The van der Waals surface area contributed by atoms with Gasteiger partial charge in [0.05, 0.1) is 5.02 Å². The molecule has 20 heavy (non-hydrogen) atoms. The van der Waals surface area contributed by atoms with Crippen molar-refractivity contribution < 1.29 is 23.9 Å². The maximum absolute atomic E-state index is 13.2. The van der Waals surface area contributed by atoms with Gasteiger partial charge in [-0.3, -0.25) is 9.59 Å². The lowest BCUT2D eigenvalue weighted by molar-refractivity contribution is -0.137. The fourth-order valence-corrected chi connectivity index (χ4v) is 1.44. The number of nitrogens with one attached hydrogen (secondary N) is 1. The number of hydrogen-bond acceptors (Lipinski definition) is 3. The highest BCUT2D eigenvalue weighted by molar-refractivity contribution is 6.30. The van der Waals surface area contributed by atoms with Crippen LogP contribution in [0, 0.1) is 5.82 Å². The number of nitrogens with zero attached hydrogens (tertiary/aromatic N) is 1. The highest BCUT2D eigenvalue weighted by Gasteiger charge is 2.19. The Bertz CT molecular complexity index is 536. The Kier molecular flexibility index (Phi) is 5.27. The Morgan fingerprint density at radius 3 is 2.50 bits per heavy atom. The molecule has 1 aromatic rings. The molecule has 1 rings (SSSR count). The Hall–Kier alpha value is -2.35. The maximum atomic E-state index is 13.2. The minimum Gasteiger partial charge on any atom is -0.480 e. The number of primary amides is 1. The van der Waals surface area contributed by atoms with Gasteiger partial charge in [-0.1, -0.05) is 11.6 Å². The van der Waals surface area contributed by atoms with Crippen LogP contribution in [0.25, 0.3) is 0 Å². The van der Waals surface area contributed by atoms with E-state index in [-0.39, 0.29) is 10.7 Å². The molecule has 0 saturated carbocycles. The molecule has 7 nitrogen and oxygen atoms in total. The molecule has 0 aliphatic heterocycles. The fraction of sp³-hybridized carbons (Fsp3) is 0.182. The third kappa shape index (κ3) is 4.73. The van der Waals surface area contributed by atoms with Crippen molar-refractivity contribution in [2.24, 2.45) is 5.73 Å². The van der Waals surface area contributed by atoms with Gasteiger partial charge >= 0.3 is 12.0 Å². The van der Waals surface area contributed by atoms with Crippen LogP contribution < -0.4 is 11.1 Å². The van der Waals surface area contributed by atoms with Gasteiger partial charge in [-0.2, -0.15) is 0 Å². The van der Waals surface area contributed by atoms with Crippen LogP contribution >= 0.6 is 11.6 Å². The monoisotopic (exact) mass is 303 g/mol. The standard InChI is InChI=1S/C11H11ClFN3O4/c12-7-2-1-6(3-8(7)13)15-11(20)16(4-9(14)17)5-10(18)19/h1-3H,4-5H2,(H2,14,17)(H,15,20)(H,18,19). The normalized spacial score (nSPS) is 9.90. The van der Waals surface area contributed by atoms with Gasteiger partial charge in [-0.25, -0.2) is 9.18 Å². The third-order valence-electron chi connectivity index (χ3n) is 2.13. The molecule has 0 saturated heterocycles.